The fourth-order valence-corrected chi connectivity index (χ4v) is 3.03. The molecule has 0 aliphatic carbocycles. The molecule has 1 aliphatic heterocycles. The van der Waals surface area contributed by atoms with Crippen LogP contribution in [0, 0.1) is 19.8 Å². The van der Waals surface area contributed by atoms with Gasteiger partial charge in [-0.25, -0.2) is 4.79 Å². The van der Waals surface area contributed by atoms with Crippen molar-refractivity contribution in [3.8, 4) is 0 Å². The van der Waals surface area contributed by atoms with Crippen LogP contribution in [0.1, 0.15) is 31.7 Å². The van der Waals surface area contributed by atoms with E-state index in [4.69, 9.17) is 0 Å². The highest BCUT2D eigenvalue weighted by atomic mass is 16.2. The zero-order chi connectivity index (χ0) is 17.7. The van der Waals surface area contributed by atoms with Crippen LogP contribution in [-0.4, -0.2) is 64.2 Å². The van der Waals surface area contributed by atoms with Gasteiger partial charge in [-0.1, -0.05) is 6.92 Å². The van der Waals surface area contributed by atoms with Crippen LogP contribution >= 0.6 is 0 Å². The predicted octanol–water partition coefficient (Wildman–Crippen LogP) is 1.40. The number of rotatable bonds is 4. The minimum Gasteiger partial charge on any atom is -0.341 e. The van der Waals surface area contributed by atoms with E-state index in [0.29, 0.717) is 32.1 Å². The van der Waals surface area contributed by atoms with Gasteiger partial charge in [0.25, 0.3) is 0 Å². The fourth-order valence-electron chi connectivity index (χ4n) is 3.03. The van der Waals surface area contributed by atoms with Crippen molar-refractivity contribution in [3.63, 3.8) is 0 Å². The monoisotopic (exact) mass is 335 g/mol. The zero-order valence-electron chi connectivity index (χ0n) is 15.2. The number of hydrogen-bond acceptors (Lipinski definition) is 3. The van der Waals surface area contributed by atoms with Gasteiger partial charge < -0.3 is 15.1 Å². The molecule has 7 heteroatoms. The van der Waals surface area contributed by atoms with E-state index in [9.17, 15) is 9.59 Å². The molecule has 134 valence electrons. The highest BCUT2D eigenvalue weighted by molar-refractivity contribution is 5.75. The highest BCUT2D eigenvalue weighted by Gasteiger charge is 2.20. The van der Waals surface area contributed by atoms with Crippen molar-refractivity contribution in [2.24, 2.45) is 5.92 Å². The standard InChI is InChI=1S/C17H29N5O2/c1-13(12-22-15(3)10-14(2)19-22)11-18-17(24)21-7-5-6-20(8-9-21)16(4)23/h10,13H,5-9,11-12H2,1-4H3,(H,18,24). The Kier molecular flexibility index (Phi) is 6.23. The largest absolute Gasteiger partial charge is 0.341 e. The van der Waals surface area contributed by atoms with Gasteiger partial charge in [-0.2, -0.15) is 5.10 Å². The molecule has 2 heterocycles. The number of nitrogens with one attached hydrogen (secondary N) is 1. The summed E-state index contributed by atoms with van der Waals surface area (Å²) in [6.45, 7) is 11.8. The second-order valence-corrected chi connectivity index (χ2v) is 6.75. The summed E-state index contributed by atoms with van der Waals surface area (Å²) < 4.78 is 1.99. The van der Waals surface area contributed by atoms with Crippen molar-refractivity contribution in [2.45, 2.75) is 40.7 Å². The lowest BCUT2D eigenvalue weighted by Crippen LogP contribution is -2.44. The topological polar surface area (TPSA) is 70.5 Å². The van der Waals surface area contributed by atoms with Gasteiger partial charge in [0, 0.05) is 51.9 Å². The maximum absolute atomic E-state index is 12.3. The molecule has 0 spiro atoms. The smallest absolute Gasteiger partial charge is 0.317 e. The number of aromatic nitrogens is 2. The fraction of sp³-hybridized carbons (Fsp3) is 0.706. The van der Waals surface area contributed by atoms with Crippen LogP contribution in [0.5, 0.6) is 0 Å². The van der Waals surface area contributed by atoms with E-state index < -0.39 is 0 Å². The highest BCUT2D eigenvalue weighted by Crippen LogP contribution is 2.07. The quantitative estimate of drug-likeness (QED) is 0.904. The molecular formula is C17H29N5O2. The molecule has 1 aromatic heterocycles. The van der Waals surface area contributed by atoms with Crippen molar-refractivity contribution in [1.82, 2.24) is 24.9 Å². The van der Waals surface area contributed by atoms with Gasteiger partial charge in [-0.15, -0.1) is 0 Å². The molecule has 1 atom stereocenters. The van der Waals surface area contributed by atoms with Crippen molar-refractivity contribution in [3.05, 3.63) is 17.5 Å². The minimum absolute atomic E-state index is 0.0411. The van der Waals surface area contributed by atoms with Gasteiger partial charge in [-0.3, -0.25) is 9.48 Å². The molecule has 2 rings (SSSR count). The number of amides is 3. The third kappa shape index (κ3) is 4.97. The third-order valence-corrected chi connectivity index (χ3v) is 4.42. The molecule has 24 heavy (non-hydrogen) atoms. The van der Waals surface area contributed by atoms with Crippen molar-refractivity contribution in [2.75, 3.05) is 32.7 Å². The summed E-state index contributed by atoms with van der Waals surface area (Å²) >= 11 is 0. The summed E-state index contributed by atoms with van der Waals surface area (Å²) in [5, 5.41) is 7.47. The molecule has 0 saturated carbocycles. The van der Waals surface area contributed by atoms with Crippen LogP contribution in [-0.2, 0) is 11.3 Å². The van der Waals surface area contributed by atoms with E-state index in [1.807, 2.05) is 18.5 Å². The van der Waals surface area contributed by atoms with Crippen LogP contribution in [0.3, 0.4) is 0 Å². The Labute approximate surface area is 144 Å². The summed E-state index contributed by atoms with van der Waals surface area (Å²) in [6, 6.07) is 2.02. The molecule has 1 saturated heterocycles. The van der Waals surface area contributed by atoms with Gasteiger partial charge in [0.15, 0.2) is 0 Å². The number of hydrogen-bond donors (Lipinski definition) is 1. The van der Waals surface area contributed by atoms with Crippen LogP contribution in [0.15, 0.2) is 6.07 Å². The maximum Gasteiger partial charge on any atom is 0.317 e. The number of carbonyl (C=O) groups excluding carboxylic acids is 2. The Morgan fingerprint density at radius 1 is 1.21 bits per heavy atom. The van der Waals surface area contributed by atoms with E-state index in [1.165, 1.54) is 0 Å². The second-order valence-electron chi connectivity index (χ2n) is 6.75. The van der Waals surface area contributed by atoms with E-state index in [1.54, 1.807) is 16.7 Å². The first kappa shape index (κ1) is 18.3. The van der Waals surface area contributed by atoms with E-state index >= 15 is 0 Å². The van der Waals surface area contributed by atoms with E-state index in [2.05, 4.69) is 23.4 Å². The molecular weight excluding hydrogens is 306 g/mol. The Morgan fingerprint density at radius 3 is 2.50 bits per heavy atom. The first-order valence-electron chi connectivity index (χ1n) is 8.66. The van der Waals surface area contributed by atoms with Gasteiger partial charge in [0.1, 0.15) is 0 Å². The lowest BCUT2D eigenvalue weighted by molar-refractivity contribution is -0.128. The van der Waals surface area contributed by atoms with Crippen LogP contribution in [0.2, 0.25) is 0 Å². The first-order chi connectivity index (χ1) is 11.4. The predicted molar refractivity (Wildman–Crippen MR) is 92.7 cm³/mol. The van der Waals surface area contributed by atoms with E-state index in [-0.39, 0.29) is 11.9 Å². The lowest BCUT2D eigenvalue weighted by atomic mass is 10.2. The average molecular weight is 335 g/mol. The Bertz CT molecular complexity index is 584. The summed E-state index contributed by atoms with van der Waals surface area (Å²) in [7, 11) is 0. The molecule has 1 N–H and O–H groups in total. The van der Waals surface area contributed by atoms with Crippen LogP contribution in [0.4, 0.5) is 4.79 Å². The zero-order valence-corrected chi connectivity index (χ0v) is 15.2. The maximum atomic E-state index is 12.3. The molecule has 0 radical (unpaired) electrons. The molecule has 3 amide bonds. The molecule has 1 unspecified atom stereocenters. The van der Waals surface area contributed by atoms with Gasteiger partial charge in [0.2, 0.25) is 5.91 Å². The Morgan fingerprint density at radius 2 is 1.88 bits per heavy atom. The normalized spacial score (nSPS) is 16.7. The van der Waals surface area contributed by atoms with Gasteiger partial charge in [-0.05, 0) is 32.3 Å². The van der Waals surface area contributed by atoms with Gasteiger partial charge in [0.05, 0.1) is 5.69 Å². The molecule has 1 aromatic rings. The first-order valence-corrected chi connectivity index (χ1v) is 8.66. The Hall–Kier alpha value is -2.05. The van der Waals surface area contributed by atoms with Crippen molar-refractivity contribution < 1.29 is 9.59 Å². The molecule has 1 aliphatic rings. The number of nitrogens with zero attached hydrogens (tertiary/aromatic N) is 4. The molecule has 1 fully saturated rings. The molecule has 7 nitrogen and oxygen atoms in total. The number of carbonyl (C=O) groups is 2. The molecule has 0 bridgehead atoms. The van der Waals surface area contributed by atoms with Crippen LogP contribution < -0.4 is 5.32 Å². The summed E-state index contributed by atoms with van der Waals surface area (Å²) in [5.41, 5.74) is 2.16. The number of aryl methyl sites for hydroxylation is 2. The van der Waals surface area contributed by atoms with Crippen LogP contribution in [0.25, 0.3) is 0 Å². The SMILES string of the molecule is CC(=O)N1CCCN(C(=O)NCC(C)Cn2nc(C)cc2C)CC1. The lowest BCUT2D eigenvalue weighted by Gasteiger charge is -2.23. The van der Waals surface area contributed by atoms with Crippen molar-refractivity contribution in [1.29, 1.82) is 0 Å². The summed E-state index contributed by atoms with van der Waals surface area (Å²) in [6.07, 6.45) is 0.828. The van der Waals surface area contributed by atoms with E-state index in [0.717, 1.165) is 30.9 Å². The summed E-state index contributed by atoms with van der Waals surface area (Å²) in [4.78, 5) is 27.4. The van der Waals surface area contributed by atoms with Gasteiger partial charge >= 0.3 is 6.03 Å². The van der Waals surface area contributed by atoms with Crippen molar-refractivity contribution >= 4 is 11.9 Å². The molecule has 0 aromatic carbocycles. The Balaban J connectivity index is 1.77. The number of urea groups is 1. The average Bonchev–Trinajstić information content (AvgIpc) is 2.73. The minimum atomic E-state index is -0.0411. The summed E-state index contributed by atoms with van der Waals surface area (Å²) in [5.74, 6) is 0.378. The second kappa shape index (κ2) is 8.17. The third-order valence-electron chi connectivity index (χ3n) is 4.42.